The molecule has 0 radical (unpaired) electrons. The molecule has 1 aliphatic carbocycles. The van der Waals surface area contributed by atoms with Gasteiger partial charge in [-0.05, 0) is 54.7 Å². The van der Waals surface area contributed by atoms with E-state index in [9.17, 15) is 8.78 Å². The fourth-order valence-electron chi connectivity index (χ4n) is 4.35. The van der Waals surface area contributed by atoms with Gasteiger partial charge in [0.1, 0.15) is 0 Å². The van der Waals surface area contributed by atoms with Gasteiger partial charge in [0.15, 0.2) is 5.82 Å². The largest absolute Gasteiger partial charge is 0.248 e. The van der Waals surface area contributed by atoms with Crippen LogP contribution in [0.3, 0.4) is 0 Å². The molecule has 0 unspecified atom stereocenters. The SMILES string of the molecule is CCCCCCCC1CCC(c2ccc(-c3cnc(F)c(F)c3)cc2)CC1. The Balaban J connectivity index is 1.49. The molecule has 1 heterocycles. The summed E-state index contributed by atoms with van der Waals surface area (Å²) in [6.07, 6.45) is 14.9. The first-order chi connectivity index (χ1) is 13.2. The standard InChI is InChI=1S/C24H31F2N/c1-2-3-4-5-6-7-18-8-10-19(11-9-18)20-12-14-21(15-13-20)22-16-23(25)24(26)27-17-22/h12-19H,2-11H2,1H3. The van der Waals surface area contributed by atoms with Crippen molar-refractivity contribution >= 4 is 0 Å². The van der Waals surface area contributed by atoms with Crippen LogP contribution in [-0.4, -0.2) is 4.98 Å². The third kappa shape index (κ3) is 5.60. The van der Waals surface area contributed by atoms with Crippen molar-refractivity contribution in [1.82, 2.24) is 4.98 Å². The highest BCUT2D eigenvalue weighted by atomic mass is 19.2. The van der Waals surface area contributed by atoms with Crippen LogP contribution in [0, 0.1) is 17.7 Å². The predicted molar refractivity (Wildman–Crippen MR) is 108 cm³/mol. The number of hydrogen-bond acceptors (Lipinski definition) is 1. The highest BCUT2D eigenvalue weighted by Gasteiger charge is 2.22. The van der Waals surface area contributed by atoms with Crippen LogP contribution in [0.5, 0.6) is 0 Å². The van der Waals surface area contributed by atoms with Gasteiger partial charge in [-0.15, -0.1) is 0 Å². The summed E-state index contributed by atoms with van der Waals surface area (Å²) in [5.74, 6) is -0.393. The molecule has 27 heavy (non-hydrogen) atoms. The summed E-state index contributed by atoms with van der Waals surface area (Å²) in [5, 5.41) is 0. The Hall–Kier alpha value is -1.77. The van der Waals surface area contributed by atoms with Gasteiger partial charge in [0.05, 0.1) is 0 Å². The first-order valence-electron chi connectivity index (χ1n) is 10.6. The summed E-state index contributed by atoms with van der Waals surface area (Å²) < 4.78 is 26.4. The third-order valence-corrected chi connectivity index (χ3v) is 6.07. The lowest BCUT2D eigenvalue weighted by molar-refractivity contribution is 0.302. The molecule has 0 spiro atoms. The smallest absolute Gasteiger partial charge is 0.225 e. The fraction of sp³-hybridized carbons (Fsp3) is 0.542. The lowest BCUT2D eigenvalue weighted by atomic mass is 9.77. The van der Waals surface area contributed by atoms with Crippen LogP contribution in [0.1, 0.15) is 82.6 Å². The summed E-state index contributed by atoms with van der Waals surface area (Å²) in [6, 6.07) is 9.51. The molecule has 0 saturated heterocycles. The maximum absolute atomic E-state index is 13.4. The highest BCUT2D eigenvalue weighted by Crippen LogP contribution is 2.38. The molecule has 2 aromatic rings. The van der Waals surface area contributed by atoms with Crippen molar-refractivity contribution < 1.29 is 8.78 Å². The number of nitrogens with zero attached hydrogens (tertiary/aromatic N) is 1. The van der Waals surface area contributed by atoms with Gasteiger partial charge in [-0.25, -0.2) is 9.37 Å². The Kier molecular flexibility index (Phi) is 7.37. The minimum absolute atomic E-state index is 0.618. The lowest BCUT2D eigenvalue weighted by Crippen LogP contribution is -2.13. The number of rotatable bonds is 8. The molecule has 1 aromatic heterocycles. The zero-order valence-electron chi connectivity index (χ0n) is 16.4. The van der Waals surface area contributed by atoms with Crippen LogP contribution < -0.4 is 0 Å². The molecular weight excluding hydrogens is 340 g/mol. The van der Waals surface area contributed by atoms with E-state index in [2.05, 4.69) is 24.0 Å². The Morgan fingerprint density at radius 1 is 0.889 bits per heavy atom. The number of unbranched alkanes of at least 4 members (excludes halogenated alkanes) is 4. The van der Waals surface area contributed by atoms with Crippen molar-refractivity contribution in [2.24, 2.45) is 5.92 Å². The summed E-state index contributed by atoms with van der Waals surface area (Å²) in [4.78, 5) is 3.47. The molecule has 1 fully saturated rings. The van der Waals surface area contributed by atoms with Gasteiger partial charge in [-0.3, -0.25) is 0 Å². The van der Waals surface area contributed by atoms with E-state index in [4.69, 9.17) is 0 Å². The van der Waals surface area contributed by atoms with Crippen molar-refractivity contribution in [3.63, 3.8) is 0 Å². The predicted octanol–water partition coefficient (Wildman–Crippen LogP) is 7.66. The molecule has 0 aliphatic heterocycles. The molecule has 3 heteroatoms. The molecule has 3 rings (SSSR count). The molecule has 1 nitrogen and oxygen atoms in total. The van der Waals surface area contributed by atoms with Crippen molar-refractivity contribution in [2.45, 2.75) is 77.0 Å². The molecule has 1 saturated carbocycles. The Morgan fingerprint density at radius 3 is 2.26 bits per heavy atom. The van der Waals surface area contributed by atoms with E-state index in [0.29, 0.717) is 11.5 Å². The molecule has 1 aromatic carbocycles. The van der Waals surface area contributed by atoms with Gasteiger partial charge in [0, 0.05) is 11.8 Å². The van der Waals surface area contributed by atoms with E-state index in [1.165, 1.54) is 82.0 Å². The van der Waals surface area contributed by atoms with E-state index in [0.717, 1.165) is 11.5 Å². The number of aromatic nitrogens is 1. The van der Waals surface area contributed by atoms with E-state index in [1.807, 2.05) is 12.1 Å². The van der Waals surface area contributed by atoms with Gasteiger partial charge < -0.3 is 0 Å². The van der Waals surface area contributed by atoms with E-state index in [-0.39, 0.29) is 0 Å². The normalized spacial score (nSPS) is 20.0. The minimum Gasteiger partial charge on any atom is -0.225 e. The van der Waals surface area contributed by atoms with Gasteiger partial charge in [-0.1, -0.05) is 69.7 Å². The summed E-state index contributed by atoms with van der Waals surface area (Å²) in [7, 11) is 0. The Morgan fingerprint density at radius 2 is 1.59 bits per heavy atom. The van der Waals surface area contributed by atoms with E-state index < -0.39 is 11.8 Å². The first kappa shape index (κ1) is 20.0. The van der Waals surface area contributed by atoms with Crippen LogP contribution in [0.2, 0.25) is 0 Å². The second-order valence-electron chi connectivity index (χ2n) is 8.04. The highest BCUT2D eigenvalue weighted by molar-refractivity contribution is 5.62. The Bertz CT molecular complexity index is 703. The summed E-state index contributed by atoms with van der Waals surface area (Å²) >= 11 is 0. The Labute approximate surface area is 162 Å². The maximum atomic E-state index is 13.4. The molecule has 0 atom stereocenters. The second-order valence-corrected chi connectivity index (χ2v) is 8.04. The van der Waals surface area contributed by atoms with Gasteiger partial charge >= 0.3 is 0 Å². The quantitative estimate of drug-likeness (QED) is 0.343. The topological polar surface area (TPSA) is 12.9 Å². The number of hydrogen-bond donors (Lipinski definition) is 0. The van der Waals surface area contributed by atoms with Crippen molar-refractivity contribution in [2.75, 3.05) is 0 Å². The minimum atomic E-state index is -1.04. The zero-order chi connectivity index (χ0) is 19.1. The van der Waals surface area contributed by atoms with E-state index in [1.54, 1.807) is 0 Å². The fourth-order valence-corrected chi connectivity index (χ4v) is 4.35. The molecule has 0 N–H and O–H groups in total. The average Bonchev–Trinajstić information content (AvgIpc) is 2.71. The number of halogens is 2. The van der Waals surface area contributed by atoms with Crippen molar-refractivity contribution in [3.05, 3.63) is 53.9 Å². The van der Waals surface area contributed by atoms with Crippen molar-refractivity contribution in [1.29, 1.82) is 0 Å². The lowest BCUT2D eigenvalue weighted by Gasteiger charge is -2.29. The first-order valence-corrected chi connectivity index (χ1v) is 10.6. The summed E-state index contributed by atoms with van der Waals surface area (Å²) in [5.41, 5.74) is 2.87. The van der Waals surface area contributed by atoms with Crippen LogP contribution in [0.15, 0.2) is 36.5 Å². The average molecular weight is 372 g/mol. The second kappa shape index (κ2) is 9.96. The summed E-state index contributed by atoms with van der Waals surface area (Å²) in [6.45, 7) is 2.27. The van der Waals surface area contributed by atoms with Crippen LogP contribution >= 0.6 is 0 Å². The molecule has 1 aliphatic rings. The zero-order valence-corrected chi connectivity index (χ0v) is 16.4. The molecule has 146 valence electrons. The van der Waals surface area contributed by atoms with Gasteiger partial charge in [-0.2, -0.15) is 4.39 Å². The number of pyridine rings is 1. The number of benzene rings is 1. The van der Waals surface area contributed by atoms with Crippen LogP contribution in [0.4, 0.5) is 8.78 Å². The van der Waals surface area contributed by atoms with Gasteiger partial charge in [0.25, 0.3) is 0 Å². The maximum Gasteiger partial charge on any atom is 0.248 e. The van der Waals surface area contributed by atoms with Crippen LogP contribution in [0.25, 0.3) is 11.1 Å². The molecule has 0 amide bonds. The van der Waals surface area contributed by atoms with Gasteiger partial charge in [0.2, 0.25) is 5.95 Å². The molecular formula is C24H31F2N. The molecule has 0 bridgehead atoms. The van der Waals surface area contributed by atoms with Crippen molar-refractivity contribution in [3.8, 4) is 11.1 Å². The monoisotopic (exact) mass is 371 g/mol. The van der Waals surface area contributed by atoms with Crippen LogP contribution in [-0.2, 0) is 0 Å². The van der Waals surface area contributed by atoms with E-state index >= 15 is 0 Å². The third-order valence-electron chi connectivity index (χ3n) is 6.07.